The van der Waals surface area contributed by atoms with E-state index in [4.69, 9.17) is 0 Å². The maximum atomic E-state index is 13.1. The first-order valence-corrected chi connectivity index (χ1v) is 5.13. The topological polar surface area (TPSA) is 0 Å². The summed E-state index contributed by atoms with van der Waals surface area (Å²) in [5.41, 5.74) is 0.172. The predicted molar refractivity (Wildman–Crippen MR) is 53.1 cm³/mol. The summed E-state index contributed by atoms with van der Waals surface area (Å²) < 4.78 is 26.2. The molecule has 0 saturated heterocycles. The third-order valence-corrected chi connectivity index (χ3v) is 2.90. The van der Waals surface area contributed by atoms with Gasteiger partial charge in [0.1, 0.15) is 11.6 Å². The fraction of sp³-hybridized carbons (Fsp3) is 0.400. The molecule has 0 N–H and O–H groups in total. The Hall–Kier alpha value is -0.440. The Bertz CT molecular complexity index is 266. The largest absolute Gasteiger partial charge is 0.207 e. The van der Waals surface area contributed by atoms with Crippen molar-refractivity contribution in [1.29, 1.82) is 0 Å². The second-order valence-electron chi connectivity index (χ2n) is 2.91. The molecule has 1 aromatic carbocycles. The molecule has 1 rings (SSSR count). The highest BCUT2D eigenvalue weighted by molar-refractivity contribution is 9.09. The lowest BCUT2D eigenvalue weighted by Gasteiger charge is -2.08. The zero-order valence-electron chi connectivity index (χ0n) is 7.36. The van der Waals surface area contributed by atoms with Gasteiger partial charge in [-0.05, 0) is 25.0 Å². The highest BCUT2D eigenvalue weighted by atomic mass is 79.9. The van der Waals surface area contributed by atoms with Crippen molar-refractivity contribution < 1.29 is 8.78 Å². The van der Waals surface area contributed by atoms with Gasteiger partial charge in [-0.3, -0.25) is 0 Å². The highest BCUT2D eigenvalue weighted by Gasteiger charge is 2.11. The minimum atomic E-state index is -0.460. The first-order valence-electron chi connectivity index (χ1n) is 4.22. The van der Waals surface area contributed by atoms with Crippen molar-refractivity contribution in [3.05, 3.63) is 35.4 Å². The Kier molecular flexibility index (Phi) is 3.85. The summed E-state index contributed by atoms with van der Waals surface area (Å²) in [5, 5.41) is 0. The quantitative estimate of drug-likeness (QED) is 0.717. The van der Waals surface area contributed by atoms with Crippen LogP contribution in [-0.2, 0) is 6.42 Å². The zero-order valence-corrected chi connectivity index (χ0v) is 8.94. The van der Waals surface area contributed by atoms with Crippen LogP contribution in [0, 0.1) is 11.6 Å². The Morgan fingerprint density at radius 3 is 2.31 bits per heavy atom. The maximum absolute atomic E-state index is 13.1. The van der Waals surface area contributed by atoms with Gasteiger partial charge in [-0.1, -0.05) is 28.9 Å². The molecule has 0 aliphatic heterocycles. The summed E-state index contributed by atoms with van der Waals surface area (Å²) in [4.78, 5) is 0.138. The third kappa shape index (κ3) is 2.76. The van der Waals surface area contributed by atoms with Crippen LogP contribution in [0.4, 0.5) is 8.78 Å². The van der Waals surface area contributed by atoms with Crippen LogP contribution in [0.25, 0.3) is 0 Å². The maximum Gasteiger partial charge on any atom is 0.129 e. The molecule has 0 saturated carbocycles. The Balaban J connectivity index is 2.87. The molecule has 1 unspecified atom stereocenters. The van der Waals surface area contributed by atoms with Crippen molar-refractivity contribution in [2.45, 2.75) is 24.6 Å². The van der Waals surface area contributed by atoms with Crippen LogP contribution in [0.2, 0.25) is 0 Å². The molecule has 3 heteroatoms. The highest BCUT2D eigenvalue weighted by Crippen LogP contribution is 2.18. The molecular weight excluding hydrogens is 238 g/mol. The molecule has 13 heavy (non-hydrogen) atoms. The van der Waals surface area contributed by atoms with Crippen LogP contribution in [0.1, 0.15) is 18.9 Å². The van der Waals surface area contributed by atoms with Crippen LogP contribution in [0.3, 0.4) is 0 Å². The minimum absolute atomic E-state index is 0.138. The van der Waals surface area contributed by atoms with Gasteiger partial charge in [-0.25, -0.2) is 8.78 Å². The van der Waals surface area contributed by atoms with Gasteiger partial charge in [0, 0.05) is 10.4 Å². The number of benzene rings is 1. The Labute approximate surface area is 85.1 Å². The van der Waals surface area contributed by atoms with E-state index in [1.807, 2.05) is 6.92 Å². The summed E-state index contributed by atoms with van der Waals surface area (Å²) in [6, 6.07) is 3.95. The zero-order chi connectivity index (χ0) is 9.84. The first kappa shape index (κ1) is 10.6. The molecule has 1 aromatic rings. The summed E-state index contributed by atoms with van der Waals surface area (Å²) >= 11 is 3.35. The van der Waals surface area contributed by atoms with Crippen LogP contribution >= 0.6 is 15.9 Å². The summed E-state index contributed by atoms with van der Waals surface area (Å²) in [6.45, 7) is 1.97. The van der Waals surface area contributed by atoms with Gasteiger partial charge in [0.2, 0.25) is 0 Å². The van der Waals surface area contributed by atoms with Crippen molar-refractivity contribution >= 4 is 15.9 Å². The second kappa shape index (κ2) is 4.70. The van der Waals surface area contributed by atoms with Crippen LogP contribution in [0.15, 0.2) is 18.2 Å². The van der Waals surface area contributed by atoms with Crippen LogP contribution < -0.4 is 0 Å². The summed E-state index contributed by atoms with van der Waals surface area (Å²) in [7, 11) is 0. The number of hydrogen-bond donors (Lipinski definition) is 0. The molecular formula is C10H11BrF2. The van der Waals surface area contributed by atoms with E-state index in [1.165, 1.54) is 18.2 Å². The number of alkyl halides is 1. The van der Waals surface area contributed by atoms with Crippen LogP contribution in [-0.4, -0.2) is 4.83 Å². The summed E-state index contributed by atoms with van der Waals surface area (Å²) in [5.74, 6) is -0.921. The monoisotopic (exact) mass is 248 g/mol. The first-order chi connectivity index (χ1) is 6.15. The average Bonchev–Trinajstić information content (AvgIpc) is 2.11. The number of rotatable bonds is 3. The van der Waals surface area contributed by atoms with E-state index in [0.717, 1.165) is 6.42 Å². The van der Waals surface area contributed by atoms with Crippen LogP contribution in [0.5, 0.6) is 0 Å². The molecule has 0 amide bonds. The van der Waals surface area contributed by atoms with E-state index >= 15 is 0 Å². The average molecular weight is 249 g/mol. The van der Waals surface area contributed by atoms with E-state index in [9.17, 15) is 8.78 Å². The number of halogens is 3. The molecule has 0 spiro atoms. The molecule has 0 aliphatic carbocycles. The van der Waals surface area contributed by atoms with E-state index < -0.39 is 11.6 Å². The van der Waals surface area contributed by atoms with Gasteiger partial charge in [0.05, 0.1) is 0 Å². The molecule has 0 aromatic heterocycles. The SMILES string of the molecule is CCC(Br)Cc1c(F)cccc1F. The lowest BCUT2D eigenvalue weighted by Crippen LogP contribution is -2.05. The van der Waals surface area contributed by atoms with Gasteiger partial charge in [0.15, 0.2) is 0 Å². The van der Waals surface area contributed by atoms with Crippen molar-refractivity contribution in [3.63, 3.8) is 0 Å². The van der Waals surface area contributed by atoms with Gasteiger partial charge in [-0.15, -0.1) is 0 Å². The molecule has 1 atom stereocenters. The van der Waals surface area contributed by atoms with Gasteiger partial charge < -0.3 is 0 Å². The molecule has 0 heterocycles. The Morgan fingerprint density at radius 2 is 1.85 bits per heavy atom. The third-order valence-electron chi connectivity index (χ3n) is 1.93. The second-order valence-corrected chi connectivity index (χ2v) is 4.20. The van der Waals surface area contributed by atoms with Crippen molar-refractivity contribution in [1.82, 2.24) is 0 Å². The summed E-state index contributed by atoms with van der Waals surface area (Å²) in [6.07, 6.45) is 1.25. The number of hydrogen-bond acceptors (Lipinski definition) is 0. The van der Waals surface area contributed by atoms with E-state index in [2.05, 4.69) is 15.9 Å². The Morgan fingerprint density at radius 1 is 1.31 bits per heavy atom. The van der Waals surface area contributed by atoms with E-state index in [-0.39, 0.29) is 10.4 Å². The van der Waals surface area contributed by atoms with Gasteiger partial charge in [-0.2, -0.15) is 0 Å². The van der Waals surface area contributed by atoms with Gasteiger partial charge in [0.25, 0.3) is 0 Å². The molecule has 0 radical (unpaired) electrons. The molecule has 0 aliphatic rings. The van der Waals surface area contributed by atoms with Crippen molar-refractivity contribution in [2.24, 2.45) is 0 Å². The molecule has 72 valence electrons. The fourth-order valence-corrected chi connectivity index (χ4v) is 1.42. The fourth-order valence-electron chi connectivity index (χ4n) is 1.09. The minimum Gasteiger partial charge on any atom is -0.207 e. The van der Waals surface area contributed by atoms with Gasteiger partial charge >= 0.3 is 0 Å². The molecule has 0 fully saturated rings. The van der Waals surface area contributed by atoms with Crippen molar-refractivity contribution in [3.8, 4) is 0 Å². The molecule has 0 nitrogen and oxygen atoms in total. The molecule has 0 bridgehead atoms. The standard InChI is InChI=1S/C10H11BrF2/c1-2-7(11)6-8-9(12)4-3-5-10(8)13/h3-5,7H,2,6H2,1H3. The predicted octanol–water partition coefficient (Wildman–Crippen LogP) is 3.68. The van der Waals surface area contributed by atoms with E-state index in [0.29, 0.717) is 6.42 Å². The van der Waals surface area contributed by atoms with E-state index in [1.54, 1.807) is 0 Å². The normalized spacial score (nSPS) is 12.9. The smallest absolute Gasteiger partial charge is 0.129 e. The lowest BCUT2D eigenvalue weighted by atomic mass is 10.1. The van der Waals surface area contributed by atoms with Crippen molar-refractivity contribution in [2.75, 3.05) is 0 Å². The lowest BCUT2D eigenvalue weighted by molar-refractivity contribution is 0.551.